The summed E-state index contributed by atoms with van der Waals surface area (Å²) in [6, 6.07) is 12.2. The fourth-order valence-corrected chi connectivity index (χ4v) is 5.82. The first-order chi connectivity index (χ1) is 14.7. The van der Waals surface area contributed by atoms with Crippen LogP contribution in [0.4, 0.5) is 5.00 Å². The number of hydrogen-bond donors (Lipinski definition) is 1. The molecule has 160 valence electrons. The summed E-state index contributed by atoms with van der Waals surface area (Å²) in [5.41, 5.74) is 0.686. The zero-order valence-corrected chi connectivity index (χ0v) is 18.2. The number of ether oxygens (including phenoxy) is 2. The third-order valence-corrected chi connectivity index (χ3v) is 7.72. The summed E-state index contributed by atoms with van der Waals surface area (Å²) in [6.07, 6.45) is 2.38. The number of anilines is 1. The van der Waals surface area contributed by atoms with Crippen LogP contribution in [0.1, 0.15) is 30.1 Å². The molecular formula is C23H29N3O3S. The van der Waals surface area contributed by atoms with Gasteiger partial charge in [0.1, 0.15) is 5.75 Å². The van der Waals surface area contributed by atoms with Gasteiger partial charge in [-0.15, -0.1) is 0 Å². The van der Waals surface area contributed by atoms with Crippen LogP contribution in [0.25, 0.3) is 0 Å². The minimum absolute atomic E-state index is 0.0119. The van der Waals surface area contributed by atoms with E-state index in [1.165, 1.54) is 30.9 Å². The molecule has 1 N–H and O–H groups in total. The highest BCUT2D eigenvalue weighted by molar-refractivity contribution is 7.17. The average Bonchev–Trinajstić information content (AvgIpc) is 3.26. The predicted molar refractivity (Wildman–Crippen MR) is 119 cm³/mol. The Bertz CT molecular complexity index is 868. The number of rotatable bonds is 5. The number of carbonyl (C=O) groups excluding carboxylic acids is 1. The lowest BCUT2D eigenvalue weighted by molar-refractivity contribution is 0.0217. The fourth-order valence-electron chi connectivity index (χ4n) is 4.89. The van der Waals surface area contributed by atoms with Crippen molar-refractivity contribution in [3.8, 4) is 10.8 Å². The lowest BCUT2D eigenvalue weighted by Crippen LogP contribution is -2.62. The molecule has 7 heteroatoms. The van der Waals surface area contributed by atoms with Crippen molar-refractivity contribution < 1.29 is 14.3 Å². The molecule has 0 unspecified atom stereocenters. The van der Waals surface area contributed by atoms with E-state index in [0.717, 1.165) is 37.1 Å². The highest BCUT2D eigenvalue weighted by Gasteiger charge is 2.40. The summed E-state index contributed by atoms with van der Waals surface area (Å²) in [5, 5.41) is 5.35. The second-order valence-corrected chi connectivity index (χ2v) is 9.46. The number of amides is 1. The van der Waals surface area contributed by atoms with Gasteiger partial charge in [0.25, 0.3) is 5.91 Å². The highest BCUT2D eigenvalue weighted by Crippen LogP contribution is 2.35. The van der Waals surface area contributed by atoms with Crippen LogP contribution in [0, 0.1) is 5.92 Å². The summed E-state index contributed by atoms with van der Waals surface area (Å²) >= 11 is 1.64. The van der Waals surface area contributed by atoms with Crippen LogP contribution < -0.4 is 15.0 Å². The van der Waals surface area contributed by atoms with E-state index >= 15 is 0 Å². The maximum absolute atomic E-state index is 12.8. The van der Waals surface area contributed by atoms with Crippen molar-refractivity contribution in [2.75, 3.05) is 44.3 Å². The van der Waals surface area contributed by atoms with Crippen LogP contribution in [0.5, 0.6) is 10.8 Å². The quantitative estimate of drug-likeness (QED) is 0.790. The van der Waals surface area contributed by atoms with Crippen molar-refractivity contribution >= 4 is 22.2 Å². The van der Waals surface area contributed by atoms with Crippen LogP contribution >= 0.6 is 11.3 Å². The average molecular weight is 428 g/mol. The highest BCUT2D eigenvalue weighted by atomic mass is 32.1. The first kappa shape index (κ1) is 19.8. The number of nitrogens with zero attached hydrogens (tertiary/aromatic N) is 2. The second kappa shape index (κ2) is 8.57. The number of hydrogen-bond acceptors (Lipinski definition) is 6. The largest absolute Gasteiger partial charge is 0.447 e. The molecule has 30 heavy (non-hydrogen) atoms. The molecular weight excluding hydrogens is 398 g/mol. The predicted octanol–water partition coefficient (Wildman–Crippen LogP) is 3.59. The molecule has 6 rings (SSSR count). The molecule has 4 aliphatic heterocycles. The van der Waals surface area contributed by atoms with E-state index in [2.05, 4.69) is 28.1 Å². The standard InChI is InChI=1S/C23H29N3O3S/c1-16-22(17-8-10-25(16)11-9-17)24-23(27)18-2-4-19(5-3-18)29-21-7-6-20(30-21)26-12-14-28-15-13-26/h2-7,16-17,22H,8-15H2,1H3,(H,24,27)/t16-,22+/m1/s1. The van der Waals surface area contributed by atoms with Crippen molar-refractivity contribution in [2.24, 2.45) is 5.92 Å². The number of morpholine rings is 1. The van der Waals surface area contributed by atoms with Crippen LogP contribution in [0.3, 0.4) is 0 Å². The van der Waals surface area contributed by atoms with E-state index in [1.807, 2.05) is 30.3 Å². The fraction of sp³-hybridized carbons (Fsp3) is 0.522. The summed E-state index contributed by atoms with van der Waals surface area (Å²) in [5.74, 6) is 1.37. The molecule has 4 aliphatic rings. The lowest BCUT2D eigenvalue weighted by atomic mass is 9.79. The smallest absolute Gasteiger partial charge is 0.251 e. The molecule has 0 saturated carbocycles. The summed E-state index contributed by atoms with van der Waals surface area (Å²) in [4.78, 5) is 17.6. The van der Waals surface area contributed by atoms with Crippen LogP contribution in [-0.2, 0) is 4.74 Å². The van der Waals surface area contributed by atoms with Crippen molar-refractivity contribution in [2.45, 2.75) is 31.8 Å². The van der Waals surface area contributed by atoms with Gasteiger partial charge in [0, 0.05) is 30.7 Å². The van der Waals surface area contributed by atoms with Gasteiger partial charge in [0.15, 0.2) is 5.06 Å². The third-order valence-electron chi connectivity index (χ3n) is 6.70. The maximum atomic E-state index is 12.8. The number of piperidine rings is 3. The molecule has 0 aliphatic carbocycles. The van der Waals surface area contributed by atoms with Gasteiger partial charge in [0.2, 0.25) is 0 Å². The molecule has 6 nitrogen and oxygen atoms in total. The van der Waals surface area contributed by atoms with Crippen molar-refractivity contribution in [3.05, 3.63) is 42.0 Å². The Morgan fingerprint density at radius 3 is 2.50 bits per heavy atom. The van der Waals surface area contributed by atoms with E-state index in [4.69, 9.17) is 9.47 Å². The molecule has 5 heterocycles. The van der Waals surface area contributed by atoms with Gasteiger partial charge < -0.3 is 19.7 Å². The zero-order valence-electron chi connectivity index (χ0n) is 17.4. The molecule has 2 aromatic rings. The van der Waals surface area contributed by atoms with E-state index in [-0.39, 0.29) is 11.9 Å². The first-order valence-corrected chi connectivity index (χ1v) is 11.7. The van der Waals surface area contributed by atoms with E-state index < -0.39 is 0 Å². The monoisotopic (exact) mass is 427 g/mol. The number of benzene rings is 1. The van der Waals surface area contributed by atoms with Crippen LogP contribution in [0.2, 0.25) is 0 Å². The summed E-state index contributed by atoms with van der Waals surface area (Å²) in [7, 11) is 0. The van der Waals surface area contributed by atoms with Gasteiger partial charge in [-0.2, -0.15) is 0 Å². The van der Waals surface area contributed by atoms with E-state index in [1.54, 1.807) is 11.3 Å². The number of carbonyl (C=O) groups is 1. The molecule has 1 aromatic carbocycles. The number of fused-ring (bicyclic) bond motifs is 3. The molecule has 0 radical (unpaired) electrons. The second-order valence-electron chi connectivity index (χ2n) is 8.43. The van der Waals surface area contributed by atoms with E-state index in [9.17, 15) is 4.79 Å². The Balaban J connectivity index is 1.19. The van der Waals surface area contributed by atoms with Crippen molar-refractivity contribution in [1.82, 2.24) is 10.2 Å². The SMILES string of the molecule is C[C@@H]1[C@H](NC(=O)c2ccc(Oc3ccc(N4CCOCC4)s3)cc2)C2CCN1CC2. The van der Waals surface area contributed by atoms with E-state index in [0.29, 0.717) is 17.5 Å². The normalized spacial score (nSPS) is 28.4. The molecule has 1 aromatic heterocycles. The summed E-state index contributed by atoms with van der Waals surface area (Å²) in [6.45, 7) is 7.95. The Morgan fingerprint density at radius 2 is 1.80 bits per heavy atom. The Kier molecular flexibility index (Phi) is 5.67. The van der Waals surface area contributed by atoms with Gasteiger partial charge in [-0.25, -0.2) is 0 Å². The minimum atomic E-state index is 0.0119. The van der Waals surface area contributed by atoms with Gasteiger partial charge in [-0.3, -0.25) is 9.69 Å². The zero-order chi connectivity index (χ0) is 20.5. The van der Waals surface area contributed by atoms with Gasteiger partial charge in [0.05, 0.1) is 18.2 Å². The van der Waals surface area contributed by atoms with Gasteiger partial charge >= 0.3 is 0 Å². The molecule has 1 amide bonds. The minimum Gasteiger partial charge on any atom is -0.447 e. The number of thiophene rings is 1. The Hall–Kier alpha value is -2.09. The summed E-state index contributed by atoms with van der Waals surface area (Å²) < 4.78 is 11.4. The lowest BCUT2D eigenvalue weighted by Gasteiger charge is -2.49. The third kappa shape index (κ3) is 4.06. The Labute approximate surface area is 181 Å². The van der Waals surface area contributed by atoms with Crippen LogP contribution in [-0.4, -0.2) is 62.3 Å². The molecule has 4 saturated heterocycles. The van der Waals surface area contributed by atoms with Crippen molar-refractivity contribution in [3.63, 3.8) is 0 Å². The molecule has 2 bridgehead atoms. The maximum Gasteiger partial charge on any atom is 0.251 e. The van der Waals surface area contributed by atoms with Gasteiger partial charge in [-0.1, -0.05) is 11.3 Å². The van der Waals surface area contributed by atoms with Gasteiger partial charge in [-0.05, 0) is 75.2 Å². The van der Waals surface area contributed by atoms with Crippen molar-refractivity contribution in [1.29, 1.82) is 0 Å². The number of nitrogens with one attached hydrogen (secondary N) is 1. The van der Waals surface area contributed by atoms with Crippen LogP contribution in [0.15, 0.2) is 36.4 Å². The molecule has 4 fully saturated rings. The first-order valence-electron chi connectivity index (χ1n) is 10.9. The molecule has 0 spiro atoms. The topological polar surface area (TPSA) is 54.0 Å². The Morgan fingerprint density at radius 1 is 1.07 bits per heavy atom. The molecule has 2 atom stereocenters.